The Balaban J connectivity index is 2.12. The van der Waals surface area contributed by atoms with E-state index >= 15 is 0 Å². The van der Waals surface area contributed by atoms with Gasteiger partial charge >= 0.3 is 0 Å². The molecule has 2 rings (SSSR count). The van der Waals surface area contributed by atoms with Crippen LogP contribution < -0.4 is 16.0 Å². The van der Waals surface area contributed by atoms with Crippen molar-refractivity contribution >= 4 is 39.9 Å². The van der Waals surface area contributed by atoms with Gasteiger partial charge in [0, 0.05) is 12.6 Å². The van der Waals surface area contributed by atoms with E-state index in [-0.39, 0.29) is 18.4 Å². The molecule has 0 saturated carbocycles. The van der Waals surface area contributed by atoms with Crippen molar-refractivity contribution in [3.63, 3.8) is 0 Å². The lowest BCUT2D eigenvalue weighted by Crippen LogP contribution is -2.31. The molecule has 138 valence electrons. The highest BCUT2D eigenvalue weighted by Crippen LogP contribution is 2.26. The quantitative estimate of drug-likeness (QED) is 0.749. The number of carbonyl (C=O) groups excluding carboxylic acids is 3. The van der Waals surface area contributed by atoms with Crippen LogP contribution in [0.1, 0.15) is 39.0 Å². The van der Waals surface area contributed by atoms with E-state index in [0.717, 1.165) is 33.7 Å². The monoisotopic (exact) mass is 374 g/mol. The van der Waals surface area contributed by atoms with Gasteiger partial charge in [-0.25, -0.2) is 4.98 Å². The third-order valence-corrected chi connectivity index (χ3v) is 4.73. The summed E-state index contributed by atoms with van der Waals surface area (Å²) in [6.07, 6.45) is 0. The van der Waals surface area contributed by atoms with Crippen molar-refractivity contribution in [2.24, 2.45) is 0 Å². The zero-order valence-electron chi connectivity index (χ0n) is 15.4. The van der Waals surface area contributed by atoms with Crippen LogP contribution in [0.4, 0.5) is 10.8 Å². The van der Waals surface area contributed by atoms with Crippen molar-refractivity contribution < 1.29 is 14.4 Å². The van der Waals surface area contributed by atoms with E-state index in [4.69, 9.17) is 0 Å². The van der Waals surface area contributed by atoms with E-state index in [1.54, 1.807) is 6.92 Å². The Bertz CT molecular complexity index is 850. The van der Waals surface area contributed by atoms with Gasteiger partial charge in [-0.3, -0.25) is 14.4 Å². The summed E-state index contributed by atoms with van der Waals surface area (Å²) in [7, 11) is 0. The molecule has 0 bridgehead atoms. The highest BCUT2D eigenvalue weighted by Gasteiger charge is 2.18. The van der Waals surface area contributed by atoms with E-state index in [0.29, 0.717) is 15.7 Å². The van der Waals surface area contributed by atoms with Crippen molar-refractivity contribution in [1.29, 1.82) is 0 Å². The first-order chi connectivity index (χ1) is 12.2. The molecule has 1 heterocycles. The van der Waals surface area contributed by atoms with Crippen molar-refractivity contribution in [2.45, 2.75) is 34.6 Å². The second-order valence-corrected chi connectivity index (χ2v) is 7.12. The molecule has 0 radical (unpaired) electrons. The fraction of sp³-hybridized carbons (Fsp3) is 0.333. The molecule has 0 fully saturated rings. The first kappa shape index (κ1) is 19.6. The van der Waals surface area contributed by atoms with E-state index < -0.39 is 5.91 Å². The second kappa shape index (κ2) is 8.09. The topological polar surface area (TPSA) is 100 Å². The fourth-order valence-corrected chi connectivity index (χ4v) is 3.45. The van der Waals surface area contributed by atoms with Gasteiger partial charge in [0.2, 0.25) is 11.8 Å². The van der Waals surface area contributed by atoms with Crippen molar-refractivity contribution in [3.05, 3.63) is 39.4 Å². The average Bonchev–Trinajstić information content (AvgIpc) is 2.89. The molecule has 1 aromatic carbocycles. The van der Waals surface area contributed by atoms with E-state index in [1.165, 1.54) is 6.92 Å². The predicted octanol–water partition coefficient (Wildman–Crippen LogP) is 2.70. The Morgan fingerprint density at radius 3 is 2.23 bits per heavy atom. The number of hydrogen-bond acceptors (Lipinski definition) is 5. The molecule has 1 aromatic heterocycles. The molecule has 2 aromatic rings. The molecule has 0 saturated heterocycles. The summed E-state index contributed by atoms with van der Waals surface area (Å²) in [5, 5.41) is 8.24. The Morgan fingerprint density at radius 1 is 1.04 bits per heavy atom. The van der Waals surface area contributed by atoms with E-state index in [2.05, 4.69) is 20.9 Å². The average molecular weight is 374 g/mol. The molecular formula is C18H22N4O3S. The molecular weight excluding hydrogens is 352 g/mol. The number of rotatable bonds is 5. The number of amides is 3. The van der Waals surface area contributed by atoms with Gasteiger partial charge in [0.05, 0.1) is 12.2 Å². The van der Waals surface area contributed by atoms with Crippen molar-refractivity contribution in [3.8, 4) is 0 Å². The molecule has 3 N–H and O–H groups in total. The third kappa shape index (κ3) is 4.89. The number of benzene rings is 1. The lowest BCUT2D eigenvalue weighted by molar-refractivity contribution is -0.122. The summed E-state index contributed by atoms with van der Waals surface area (Å²) in [4.78, 5) is 39.9. The lowest BCUT2D eigenvalue weighted by Gasteiger charge is -2.12. The van der Waals surface area contributed by atoms with Gasteiger partial charge in [-0.05, 0) is 38.8 Å². The first-order valence-corrected chi connectivity index (χ1v) is 8.90. The molecule has 0 aliphatic rings. The SMILES string of the molecule is CC(=O)NCC(=O)Nc1nc(C)c(C(=O)Nc2c(C)cc(C)cc2C)s1. The lowest BCUT2D eigenvalue weighted by atomic mass is 10.1. The summed E-state index contributed by atoms with van der Waals surface area (Å²) in [5.74, 6) is -0.956. The van der Waals surface area contributed by atoms with Gasteiger partial charge < -0.3 is 16.0 Å². The minimum Gasteiger partial charge on any atom is -0.347 e. The number of thiazole rings is 1. The number of nitrogens with one attached hydrogen (secondary N) is 3. The number of aryl methyl sites for hydroxylation is 4. The molecule has 0 aliphatic carbocycles. The molecule has 3 amide bonds. The second-order valence-electron chi connectivity index (χ2n) is 6.12. The number of nitrogens with zero attached hydrogens (tertiary/aromatic N) is 1. The number of hydrogen-bond donors (Lipinski definition) is 3. The standard InChI is InChI=1S/C18H22N4O3S/c1-9-6-10(2)15(11(3)7-9)22-17(25)16-12(4)20-18(26-16)21-14(24)8-19-13(5)23/h6-7H,8H2,1-5H3,(H,19,23)(H,22,25)(H,20,21,24). The largest absolute Gasteiger partial charge is 0.347 e. The van der Waals surface area contributed by atoms with Gasteiger partial charge in [0.15, 0.2) is 5.13 Å². The minimum absolute atomic E-state index is 0.142. The van der Waals surface area contributed by atoms with Gasteiger partial charge in [-0.15, -0.1) is 0 Å². The molecule has 7 nitrogen and oxygen atoms in total. The fourth-order valence-electron chi connectivity index (χ4n) is 2.58. The molecule has 0 spiro atoms. The number of aromatic nitrogens is 1. The van der Waals surface area contributed by atoms with Crippen LogP contribution in [0.2, 0.25) is 0 Å². The molecule has 0 unspecified atom stereocenters. The molecule has 26 heavy (non-hydrogen) atoms. The van der Waals surface area contributed by atoms with Crippen LogP contribution in [0.3, 0.4) is 0 Å². The van der Waals surface area contributed by atoms with E-state index in [9.17, 15) is 14.4 Å². The number of carbonyl (C=O) groups is 3. The third-order valence-electron chi connectivity index (χ3n) is 3.66. The zero-order valence-corrected chi connectivity index (χ0v) is 16.3. The highest BCUT2D eigenvalue weighted by molar-refractivity contribution is 7.17. The van der Waals surface area contributed by atoms with Gasteiger partial charge in [0.25, 0.3) is 5.91 Å². The minimum atomic E-state index is -0.397. The van der Waals surface area contributed by atoms with Crippen LogP contribution in [0.15, 0.2) is 12.1 Å². The predicted molar refractivity (Wildman–Crippen MR) is 103 cm³/mol. The van der Waals surface area contributed by atoms with Gasteiger partial charge in [-0.1, -0.05) is 29.0 Å². The Labute approximate surface area is 156 Å². The van der Waals surface area contributed by atoms with Crippen LogP contribution in [0.5, 0.6) is 0 Å². The maximum absolute atomic E-state index is 12.6. The normalized spacial score (nSPS) is 10.3. The Hall–Kier alpha value is -2.74. The zero-order chi connectivity index (χ0) is 19.4. The highest BCUT2D eigenvalue weighted by atomic mass is 32.1. The summed E-state index contributed by atoms with van der Waals surface area (Å²) in [6.45, 7) is 8.81. The molecule has 8 heteroatoms. The summed E-state index contributed by atoms with van der Waals surface area (Å²) >= 11 is 1.10. The maximum atomic E-state index is 12.6. The van der Waals surface area contributed by atoms with Crippen LogP contribution in [0.25, 0.3) is 0 Å². The Morgan fingerprint density at radius 2 is 1.65 bits per heavy atom. The van der Waals surface area contributed by atoms with Gasteiger partial charge in [0.1, 0.15) is 4.88 Å². The van der Waals surface area contributed by atoms with Gasteiger partial charge in [-0.2, -0.15) is 0 Å². The van der Waals surface area contributed by atoms with E-state index in [1.807, 2.05) is 32.9 Å². The molecule has 0 atom stereocenters. The first-order valence-electron chi connectivity index (χ1n) is 8.08. The van der Waals surface area contributed by atoms with Crippen molar-refractivity contribution in [2.75, 3.05) is 17.2 Å². The number of anilines is 2. The summed E-state index contributed by atoms with van der Waals surface area (Å²) in [6, 6.07) is 4.02. The summed E-state index contributed by atoms with van der Waals surface area (Å²) in [5.41, 5.74) is 4.43. The maximum Gasteiger partial charge on any atom is 0.267 e. The smallest absolute Gasteiger partial charge is 0.267 e. The van der Waals surface area contributed by atoms with Crippen LogP contribution >= 0.6 is 11.3 Å². The van der Waals surface area contributed by atoms with Crippen LogP contribution in [-0.4, -0.2) is 29.3 Å². The van der Waals surface area contributed by atoms with Crippen molar-refractivity contribution in [1.82, 2.24) is 10.3 Å². The summed E-state index contributed by atoms with van der Waals surface area (Å²) < 4.78 is 0. The van der Waals surface area contributed by atoms with Crippen LogP contribution in [0, 0.1) is 27.7 Å². The molecule has 0 aliphatic heterocycles. The Kier molecular flexibility index (Phi) is 6.10. The van der Waals surface area contributed by atoms with Crippen LogP contribution in [-0.2, 0) is 9.59 Å².